The average Bonchev–Trinajstić information content (AvgIpc) is 2.86. The van der Waals surface area contributed by atoms with Crippen molar-refractivity contribution >= 4 is 34.8 Å². The molecule has 34 heavy (non-hydrogen) atoms. The lowest BCUT2D eigenvalue weighted by atomic mass is 10.0. The lowest BCUT2D eigenvalue weighted by Gasteiger charge is -2.10. The Morgan fingerprint density at radius 1 is 0.559 bits per heavy atom. The van der Waals surface area contributed by atoms with Crippen molar-refractivity contribution in [3.8, 4) is 39.5 Å². The van der Waals surface area contributed by atoms with E-state index in [1.54, 1.807) is 12.1 Å². The van der Waals surface area contributed by atoms with Gasteiger partial charge in [-0.2, -0.15) is 0 Å². The van der Waals surface area contributed by atoms with Gasteiger partial charge in [-0.1, -0.05) is 103 Å². The van der Waals surface area contributed by atoms with E-state index in [2.05, 4.69) is 43.3 Å². The van der Waals surface area contributed by atoms with Crippen LogP contribution in [-0.2, 0) is 0 Å². The van der Waals surface area contributed by atoms with Crippen LogP contribution in [0.5, 0.6) is 17.2 Å². The highest BCUT2D eigenvalue weighted by Gasteiger charge is 2.09. The van der Waals surface area contributed by atoms with Gasteiger partial charge in [0.1, 0.15) is 17.2 Å². The molecule has 4 aromatic rings. The molecule has 0 aliphatic heterocycles. The lowest BCUT2D eigenvalue weighted by molar-refractivity contribution is 0.306. The number of unbranched alkanes of at least 4 members (excludes halogenated alkanes) is 2. The summed E-state index contributed by atoms with van der Waals surface area (Å²) in [5.74, 6) is 2.05. The van der Waals surface area contributed by atoms with E-state index in [1.807, 2.05) is 36.4 Å². The number of hydrogen-bond donors (Lipinski definition) is 0. The molecule has 0 heterocycles. The Morgan fingerprint density at radius 3 is 1.56 bits per heavy atom. The summed E-state index contributed by atoms with van der Waals surface area (Å²) in [5.41, 5.74) is 4.54. The zero-order valence-electron chi connectivity index (χ0n) is 18.9. The molecule has 0 aliphatic carbocycles. The number of benzene rings is 4. The van der Waals surface area contributed by atoms with Crippen LogP contribution in [0, 0.1) is 0 Å². The van der Waals surface area contributed by atoms with Crippen molar-refractivity contribution in [1.29, 1.82) is 0 Å². The molecule has 0 saturated carbocycles. The molecule has 5 heteroatoms. The zero-order valence-corrected chi connectivity index (χ0v) is 21.1. The van der Waals surface area contributed by atoms with E-state index < -0.39 is 0 Å². The molecule has 0 bridgehead atoms. The largest absolute Gasteiger partial charge is 0.494 e. The molecule has 2 nitrogen and oxygen atoms in total. The van der Waals surface area contributed by atoms with E-state index in [0.717, 1.165) is 41.0 Å². The van der Waals surface area contributed by atoms with Crippen molar-refractivity contribution in [2.75, 3.05) is 6.61 Å². The smallest absolute Gasteiger partial charge is 0.147 e. The second-order valence-corrected chi connectivity index (χ2v) is 9.20. The second kappa shape index (κ2) is 11.7. The third-order valence-electron chi connectivity index (χ3n) is 5.48. The van der Waals surface area contributed by atoms with Crippen LogP contribution >= 0.6 is 34.8 Å². The van der Waals surface area contributed by atoms with Crippen molar-refractivity contribution < 1.29 is 9.47 Å². The molecule has 174 valence electrons. The molecule has 0 fully saturated rings. The minimum atomic E-state index is 0.393. The quantitative estimate of drug-likeness (QED) is 0.164. The van der Waals surface area contributed by atoms with E-state index in [1.165, 1.54) is 12.8 Å². The molecule has 0 unspecified atom stereocenters. The third-order valence-corrected chi connectivity index (χ3v) is 6.50. The SMILES string of the molecule is CCCCCOc1ccc(-c2ccc(-c3ccc(Oc4cc(Cl)c(Cl)cc4Cl)cc3)cc2)cc1. The maximum atomic E-state index is 6.21. The fraction of sp³-hybridized carbons (Fsp3) is 0.172. The topological polar surface area (TPSA) is 18.5 Å². The molecular weight excluding hydrogens is 487 g/mol. The highest BCUT2D eigenvalue weighted by atomic mass is 35.5. The van der Waals surface area contributed by atoms with Crippen LogP contribution in [0.25, 0.3) is 22.3 Å². The Morgan fingerprint density at radius 2 is 1.03 bits per heavy atom. The summed E-state index contributed by atoms with van der Waals surface area (Å²) >= 11 is 18.3. The van der Waals surface area contributed by atoms with Gasteiger partial charge in [-0.3, -0.25) is 0 Å². The normalized spacial score (nSPS) is 10.8. The Kier molecular flexibility index (Phi) is 8.39. The third kappa shape index (κ3) is 6.27. The molecule has 0 radical (unpaired) electrons. The van der Waals surface area contributed by atoms with Crippen LogP contribution in [0.3, 0.4) is 0 Å². The number of ether oxygens (including phenoxy) is 2. The van der Waals surface area contributed by atoms with Gasteiger partial charge in [-0.05, 0) is 59.0 Å². The molecule has 0 amide bonds. The maximum absolute atomic E-state index is 6.21. The molecule has 0 atom stereocenters. The van der Waals surface area contributed by atoms with Crippen LogP contribution in [0.15, 0.2) is 84.9 Å². The lowest BCUT2D eigenvalue weighted by Crippen LogP contribution is -1.96. The summed E-state index contributed by atoms with van der Waals surface area (Å²) in [7, 11) is 0. The van der Waals surface area contributed by atoms with Gasteiger partial charge < -0.3 is 9.47 Å². The first-order valence-corrected chi connectivity index (χ1v) is 12.4. The van der Waals surface area contributed by atoms with Gasteiger partial charge in [0.05, 0.1) is 21.7 Å². The van der Waals surface area contributed by atoms with E-state index >= 15 is 0 Å². The van der Waals surface area contributed by atoms with Gasteiger partial charge >= 0.3 is 0 Å². The summed E-state index contributed by atoms with van der Waals surface area (Å²) in [6.07, 6.45) is 3.49. The maximum Gasteiger partial charge on any atom is 0.147 e. The Hall–Kier alpha value is -2.65. The predicted octanol–water partition coefficient (Wildman–Crippen LogP) is 10.3. The number of halogens is 3. The average molecular weight is 512 g/mol. The molecule has 0 spiro atoms. The Bertz CT molecular complexity index is 1220. The van der Waals surface area contributed by atoms with Crippen LogP contribution in [0.2, 0.25) is 15.1 Å². The van der Waals surface area contributed by atoms with E-state index in [0.29, 0.717) is 26.6 Å². The minimum absolute atomic E-state index is 0.393. The molecule has 0 aromatic heterocycles. The van der Waals surface area contributed by atoms with Crippen LogP contribution in [0.4, 0.5) is 0 Å². The van der Waals surface area contributed by atoms with Gasteiger partial charge in [0.15, 0.2) is 0 Å². The number of hydrogen-bond acceptors (Lipinski definition) is 2. The van der Waals surface area contributed by atoms with Gasteiger partial charge in [-0.15, -0.1) is 0 Å². The highest BCUT2D eigenvalue weighted by molar-refractivity contribution is 6.43. The minimum Gasteiger partial charge on any atom is -0.494 e. The first-order chi connectivity index (χ1) is 16.5. The zero-order chi connectivity index (χ0) is 23.9. The van der Waals surface area contributed by atoms with Crippen molar-refractivity contribution in [3.63, 3.8) is 0 Å². The van der Waals surface area contributed by atoms with E-state index in [9.17, 15) is 0 Å². The summed E-state index contributed by atoms with van der Waals surface area (Å²) in [6.45, 7) is 2.96. The summed E-state index contributed by atoms with van der Waals surface area (Å²) in [4.78, 5) is 0. The number of rotatable bonds is 9. The predicted molar refractivity (Wildman–Crippen MR) is 144 cm³/mol. The van der Waals surface area contributed by atoms with Crippen LogP contribution in [-0.4, -0.2) is 6.61 Å². The standard InChI is InChI=1S/C29H25Cl3O2/c1-2-3-4-17-33-24-13-9-22(10-14-24)20-5-7-21(8-6-20)23-11-15-25(16-12-23)34-29-19-27(31)26(30)18-28(29)32/h5-16,18-19H,2-4,17H2,1H3. The first-order valence-electron chi connectivity index (χ1n) is 11.3. The second-order valence-electron chi connectivity index (χ2n) is 7.98. The summed E-state index contributed by atoms with van der Waals surface area (Å²) in [5, 5.41) is 1.20. The van der Waals surface area contributed by atoms with Crippen molar-refractivity contribution in [2.45, 2.75) is 26.2 Å². The summed E-state index contributed by atoms with van der Waals surface area (Å²) in [6, 6.07) is 27.8. The molecule has 0 saturated heterocycles. The van der Waals surface area contributed by atoms with Crippen molar-refractivity contribution in [2.24, 2.45) is 0 Å². The molecule has 4 aromatic carbocycles. The molecule has 0 aliphatic rings. The van der Waals surface area contributed by atoms with Crippen LogP contribution < -0.4 is 9.47 Å². The Balaban J connectivity index is 1.40. The van der Waals surface area contributed by atoms with Crippen molar-refractivity contribution in [3.05, 3.63) is 100.0 Å². The summed E-state index contributed by atoms with van der Waals surface area (Å²) < 4.78 is 11.7. The highest BCUT2D eigenvalue weighted by Crippen LogP contribution is 2.37. The van der Waals surface area contributed by atoms with Gasteiger partial charge in [0.2, 0.25) is 0 Å². The fourth-order valence-electron chi connectivity index (χ4n) is 3.57. The van der Waals surface area contributed by atoms with Crippen LogP contribution in [0.1, 0.15) is 26.2 Å². The molecule has 4 rings (SSSR count). The molecule has 0 N–H and O–H groups in total. The fourth-order valence-corrected chi connectivity index (χ4v) is 4.14. The molecular formula is C29H25Cl3O2. The monoisotopic (exact) mass is 510 g/mol. The van der Waals surface area contributed by atoms with E-state index in [4.69, 9.17) is 44.3 Å². The van der Waals surface area contributed by atoms with E-state index in [-0.39, 0.29) is 0 Å². The Labute approximate surface area is 216 Å². The van der Waals surface area contributed by atoms with Gasteiger partial charge in [0, 0.05) is 6.07 Å². The van der Waals surface area contributed by atoms with Gasteiger partial charge in [0.25, 0.3) is 0 Å². The van der Waals surface area contributed by atoms with Crippen molar-refractivity contribution in [1.82, 2.24) is 0 Å². The first kappa shape index (κ1) is 24.5. The van der Waals surface area contributed by atoms with Gasteiger partial charge in [-0.25, -0.2) is 0 Å².